The fraction of sp³-hybridized carbons (Fsp3) is 0. The summed E-state index contributed by atoms with van der Waals surface area (Å²) in [6, 6.07) is 83.3. The molecule has 294 valence electrons. The van der Waals surface area contributed by atoms with Crippen molar-refractivity contribution in [2.24, 2.45) is 0 Å². The van der Waals surface area contributed by atoms with Crippen molar-refractivity contribution in [1.82, 2.24) is 9.13 Å². The number of hydrogen-bond acceptors (Lipinski definition) is 1. The van der Waals surface area contributed by atoms with Gasteiger partial charge in [0.25, 0.3) is 0 Å². The van der Waals surface area contributed by atoms with E-state index in [1.165, 1.54) is 66.1 Å². The van der Waals surface area contributed by atoms with Crippen molar-refractivity contribution in [2.45, 2.75) is 0 Å². The highest BCUT2D eigenvalue weighted by atomic mass is 16.3. The lowest BCUT2D eigenvalue weighted by molar-refractivity contribution is 0.666. The van der Waals surface area contributed by atoms with Gasteiger partial charge < -0.3 is 13.6 Å². The maximum absolute atomic E-state index is 6.94. The minimum atomic E-state index is 0.872. The Hall–Kier alpha value is -8.40. The highest BCUT2D eigenvalue weighted by Gasteiger charge is 2.22. The van der Waals surface area contributed by atoms with Gasteiger partial charge in [0.15, 0.2) is 5.58 Å². The molecule has 0 bridgehead atoms. The number of aromatic nitrogens is 2. The van der Waals surface area contributed by atoms with Crippen LogP contribution in [0.5, 0.6) is 0 Å². The fourth-order valence-corrected chi connectivity index (χ4v) is 10.1. The molecule has 63 heavy (non-hydrogen) atoms. The molecule has 13 aromatic rings. The van der Waals surface area contributed by atoms with Crippen LogP contribution in [0.25, 0.3) is 121 Å². The summed E-state index contributed by atoms with van der Waals surface area (Å²) in [6.45, 7) is 0. The summed E-state index contributed by atoms with van der Waals surface area (Å²) in [6.07, 6.45) is 0. The summed E-state index contributed by atoms with van der Waals surface area (Å²) < 4.78 is 11.8. The summed E-state index contributed by atoms with van der Waals surface area (Å²) in [4.78, 5) is 0. The zero-order chi connectivity index (χ0) is 41.4. The average molecular weight is 803 g/mol. The summed E-state index contributed by atoms with van der Waals surface area (Å²) >= 11 is 0. The van der Waals surface area contributed by atoms with Crippen LogP contribution >= 0.6 is 0 Å². The lowest BCUT2D eigenvalue weighted by Gasteiger charge is -2.14. The van der Waals surface area contributed by atoms with Gasteiger partial charge in [-0.3, -0.25) is 0 Å². The van der Waals surface area contributed by atoms with Crippen LogP contribution in [0.15, 0.2) is 235 Å². The molecule has 3 heterocycles. The van der Waals surface area contributed by atoms with Gasteiger partial charge in [-0.15, -0.1) is 0 Å². The van der Waals surface area contributed by atoms with Gasteiger partial charge in [-0.1, -0.05) is 176 Å². The molecular formula is C60H38N2O. The van der Waals surface area contributed by atoms with Gasteiger partial charge in [-0.25, -0.2) is 0 Å². The van der Waals surface area contributed by atoms with Crippen molar-refractivity contribution in [2.75, 3.05) is 0 Å². The van der Waals surface area contributed by atoms with E-state index in [9.17, 15) is 0 Å². The first kappa shape index (κ1) is 35.4. The molecule has 0 aliphatic carbocycles. The molecule has 0 atom stereocenters. The van der Waals surface area contributed by atoms with Gasteiger partial charge in [0.1, 0.15) is 5.58 Å². The number of rotatable bonds is 6. The molecule has 0 radical (unpaired) electrons. The Morgan fingerprint density at radius 3 is 1.63 bits per heavy atom. The van der Waals surface area contributed by atoms with Crippen LogP contribution in [0, 0.1) is 0 Å². The zero-order valence-electron chi connectivity index (χ0n) is 34.2. The average Bonchev–Trinajstić information content (AvgIpc) is 4.02. The Labute approximate surface area is 363 Å². The lowest BCUT2D eigenvalue weighted by atomic mass is 9.95. The quantitative estimate of drug-likeness (QED) is 0.164. The molecule has 0 unspecified atom stereocenters. The van der Waals surface area contributed by atoms with E-state index < -0.39 is 0 Å². The van der Waals surface area contributed by atoms with Crippen molar-refractivity contribution >= 4 is 65.6 Å². The predicted molar refractivity (Wildman–Crippen MR) is 264 cm³/mol. The second kappa shape index (κ2) is 14.1. The van der Waals surface area contributed by atoms with Gasteiger partial charge in [0.2, 0.25) is 0 Å². The van der Waals surface area contributed by atoms with E-state index in [0.717, 1.165) is 55.3 Å². The van der Waals surface area contributed by atoms with E-state index in [1.54, 1.807) is 0 Å². The normalized spacial score (nSPS) is 11.8. The Kier molecular flexibility index (Phi) is 7.91. The number of nitrogens with zero attached hydrogens (tertiary/aromatic N) is 2. The van der Waals surface area contributed by atoms with Crippen molar-refractivity contribution in [3.8, 4) is 55.9 Å². The molecule has 3 nitrogen and oxygen atoms in total. The van der Waals surface area contributed by atoms with E-state index in [0.29, 0.717) is 0 Å². The Balaban J connectivity index is 1.01. The summed E-state index contributed by atoms with van der Waals surface area (Å²) in [5.74, 6) is 0. The molecule has 0 N–H and O–H groups in total. The minimum absolute atomic E-state index is 0.872. The molecule has 3 aromatic heterocycles. The lowest BCUT2D eigenvalue weighted by Crippen LogP contribution is -1.97. The smallest absolute Gasteiger partial charge is 0.160 e. The highest BCUT2D eigenvalue weighted by molar-refractivity contribution is 6.17. The monoisotopic (exact) mass is 802 g/mol. The maximum Gasteiger partial charge on any atom is 0.160 e. The molecule has 0 aliphatic heterocycles. The number of fused-ring (bicyclic) bond motifs is 9. The van der Waals surface area contributed by atoms with Crippen LogP contribution in [-0.2, 0) is 0 Å². The van der Waals surface area contributed by atoms with Gasteiger partial charge >= 0.3 is 0 Å². The number of furan rings is 1. The Bertz CT molecular complexity index is 3900. The number of para-hydroxylation sites is 4. The van der Waals surface area contributed by atoms with Gasteiger partial charge in [0, 0.05) is 37.9 Å². The second-order valence-electron chi connectivity index (χ2n) is 16.4. The van der Waals surface area contributed by atoms with E-state index in [1.807, 2.05) is 0 Å². The van der Waals surface area contributed by atoms with Gasteiger partial charge in [0.05, 0.1) is 33.4 Å². The van der Waals surface area contributed by atoms with Crippen LogP contribution in [0.2, 0.25) is 0 Å². The van der Waals surface area contributed by atoms with E-state index in [2.05, 4.69) is 240 Å². The topological polar surface area (TPSA) is 23.0 Å². The zero-order valence-corrected chi connectivity index (χ0v) is 34.2. The molecule has 0 fully saturated rings. The first-order valence-corrected chi connectivity index (χ1v) is 21.6. The largest absolute Gasteiger partial charge is 0.454 e. The van der Waals surface area contributed by atoms with E-state index in [-0.39, 0.29) is 0 Å². The summed E-state index contributed by atoms with van der Waals surface area (Å²) in [5, 5.41) is 7.09. The molecular weight excluding hydrogens is 765 g/mol. The SMILES string of the molecule is c1ccc(-c2cccc(-c3ccc(-n4c5ccccc5c5ccc(-c6ccc7c(c6)c6ccccc6n7-c6ccccc6-c6ccccc6)cc54)c4oc5ccccc5c34)c2)cc1. The molecule has 13 rings (SSSR count). The Morgan fingerprint density at radius 1 is 0.270 bits per heavy atom. The van der Waals surface area contributed by atoms with Crippen molar-refractivity contribution in [3.63, 3.8) is 0 Å². The first-order valence-electron chi connectivity index (χ1n) is 21.6. The molecule has 10 aromatic carbocycles. The summed E-state index contributed by atoms with van der Waals surface area (Å²) in [5.41, 5.74) is 18.0. The molecule has 0 saturated heterocycles. The number of hydrogen-bond donors (Lipinski definition) is 0. The third kappa shape index (κ3) is 5.53. The molecule has 0 saturated carbocycles. The molecule has 0 aliphatic rings. The van der Waals surface area contributed by atoms with E-state index >= 15 is 0 Å². The standard InChI is InChI=1S/C60H38N2O/c1-3-16-39(17-4-1)41-20-15-21-44(36-41)46-33-35-56(60-59(46)50-25-10-14-29-58(50)63-60)62-53-27-12-8-23-47(53)49-32-30-43(38-57(49)62)42-31-34-55-51(37-42)48-24-9-13-28-54(48)61(55)52-26-11-7-22-45(52)40-18-5-2-6-19-40/h1-38H. The van der Waals surface area contributed by atoms with Crippen molar-refractivity contribution < 1.29 is 4.42 Å². The predicted octanol–water partition coefficient (Wildman–Crippen LogP) is 16.4. The second-order valence-corrected chi connectivity index (χ2v) is 16.4. The summed E-state index contributed by atoms with van der Waals surface area (Å²) in [7, 11) is 0. The van der Waals surface area contributed by atoms with Crippen LogP contribution in [0.1, 0.15) is 0 Å². The van der Waals surface area contributed by atoms with Crippen molar-refractivity contribution in [1.29, 1.82) is 0 Å². The van der Waals surface area contributed by atoms with Gasteiger partial charge in [-0.05, 0) is 93.5 Å². The first-order chi connectivity index (χ1) is 31.3. The van der Waals surface area contributed by atoms with Crippen LogP contribution < -0.4 is 0 Å². The third-order valence-electron chi connectivity index (χ3n) is 12.9. The molecule has 0 amide bonds. The highest BCUT2D eigenvalue weighted by Crippen LogP contribution is 2.44. The third-order valence-corrected chi connectivity index (χ3v) is 12.9. The van der Waals surface area contributed by atoms with Crippen LogP contribution in [-0.4, -0.2) is 9.13 Å². The minimum Gasteiger partial charge on any atom is -0.454 e. The molecule has 0 spiro atoms. The Morgan fingerprint density at radius 2 is 0.825 bits per heavy atom. The number of benzene rings is 10. The maximum atomic E-state index is 6.94. The van der Waals surface area contributed by atoms with Crippen LogP contribution in [0.4, 0.5) is 0 Å². The molecule has 3 heteroatoms. The fourth-order valence-electron chi connectivity index (χ4n) is 10.1. The van der Waals surface area contributed by atoms with E-state index in [4.69, 9.17) is 4.42 Å². The van der Waals surface area contributed by atoms with Gasteiger partial charge in [-0.2, -0.15) is 0 Å². The van der Waals surface area contributed by atoms with Crippen molar-refractivity contribution in [3.05, 3.63) is 231 Å². The van der Waals surface area contributed by atoms with Crippen LogP contribution in [0.3, 0.4) is 0 Å².